The summed E-state index contributed by atoms with van der Waals surface area (Å²) in [7, 11) is 3.54. The molecule has 1 aliphatic rings. The predicted octanol–water partition coefficient (Wildman–Crippen LogP) is 1.72. The number of carbonyl (C=O) groups excluding carboxylic acids is 1. The zero-order valence-corrected chi connectivity index (χ0v) is 11.4. The Labute approximate surface area is 112 Å². The summed E-state index contributed by atoms with van der Waals surface area (Å²) in [5.41, 5.74) is 0.849. The Bertz CT molecular complexity index is 479. The summed E-state index contributed by atoms with van der Waals surface area (Å²) in [5, 5.41) is 3.05. The quantitative estimate of drug-likeness (QED) is 0.902. The van der Waals surface area contributed by atoms with Gasteiger partial charge in [0.05, 0.1) is 0 Å². The second-order valence-corrected chi connectivity index (χ2v) is 4.86. The van der Waals surface area contributed by atoms with Crippen LogP contribution >= 0.6 is 0 Å². The summed E-state index contributed by atoms with van der Waals surface area (Å²) in [6, 6.07) is 4.91. The first-order valence-corrected chi connectivity index (χ1v) is 6.41. The van der Waals surface area contributed by atoms with Gasteiger partial charge in [0, 0.05) is 26.1 Å². The van der Waals surface area contributed by atoms with E-state index in [9.17, 15) is 9.18 Å². The molecule has 0 saturated carbocycles. The summed E-state index contributed by atoms with van der Waals surface area (Å²) in [4.78, 5) is 13.3. The van der Waals surface area contributed by atoms with Gasteiger partial charge >= 0.3 is 0 Å². The summed E-state index contributed by atoms with van der Waals surface area (Å²) in [5.74, 6) is -0.380. The van der Waals surface area contributed by atoms with E-state index in [1.165, 1.54) is 6.07 Å². The zero-order valence-electron chi connectivity index (χ0n) is 11.4. The lowest BCUT2D eigenvalue weighted by Crippen LogP contribution is -2.29. The number of benzene rings is 1. The molecule has 1 fully saturated rings. The highest BCUT2D eigenvalue weighted by molar-refractivity contribution is 5.83. The van der Waals surface area contributed by atoms with Crippen LogP contribution in [0.25, 0.3) is 0 Å². The van der Waals surface area contributed by atoms with Crippen LogP contribution in [0.2, 0.25) is 0 Å². The number of rotatable bonds is 4. The minimum absolute atomic E-state index is 0.0720. The van der Waals surface area contributed by atoms with E-state index in [1.807, 2.05) is 20.0 Å². The normalized spacial score (nSPS) is 20.7. The molecule has 0 radical (unpaired) electrons. The van der Waals surface area contributed by atoms with Crippen LogP contribution in [0.4, 0.5) is 4.39 Å². The molecule has 0 aliphatic carbocycles. The van der Waals surface area contributed by atoms with Crippen LogP contribution in [0.15, 0.2) is 18.2 Å². The van der Waals surface area contributed by atoms with Gasteiger partial charge in [0.15, 0.2) is 17.7 Å². The van der Waals surface area contributed by atoms with Crippen LogP contribution in [-0.2, 0) is 4.79 Å². The van der Waals surface area contributed by atoms with Gasteiger partial charge in [-0.25, -0.2) is 4.39 Å². The van der Waals surface area contributed by atoms with Gasteiger partial charge in [-0.1, -0.05) is 6.07 Å². The van der Waals surface area contributed by atoms with Crippen molar-refractivity contribution in [1.82, 2.24) is 10.2 Å². The molecule has 1 N–H and O–H groups in total. The summed E-state index contributed by atoms with van der Waals surface area (Å²) < 4.78 is 19.4. The maximum Gasteiger partial charge on any atom is 0.263 e. The Morgan fingerprint density at radius 2 is 2.26 bits per heavy atom. The number of ether oxygens (including phenoxy) is 1. The first-order chi connectivity index (χ1) is 9.02. The molecule has 0 spiro atoms. The number of likely N-dealkylation sites (tertiary alicyclic amines) is 1. The Balaban J connectivity index is 2.11. The molecule has 0 bridgehead atoms. The largest absolute Gasteiger partial charge is 0.477 e. The van der Waals surface area contributed by atoms with E-state index in [4.69, 9.17) is 4.74 Å². The van der Waals surface area contributed by atoms with E-state index in [-0.39, 0.29) is 17.7 Å². The van der Waals surface area contributed by atoms with Crippen molar-refractivity contribution in [3.05, 3.63) is 29.6 Å². The lowest BCUT2D eigenvalue weighted by Gasteiger charge is -2.15. The molecule has 1 aromatic carbocycles. The van der Waals surface area contributed by atoms with Crippen LogP contribution < -0.4 is 10.1 Å². The van der Waals surface area contributed by atoms with Crippen molar-refractivity contribution in [3.63, 3.8) is 0 Å². The van der Waals surface area contributed by atoms with Crippen molar-refractivity contribution in [2.45, 2.75) is 25.5 Å². The SMILES string of the molecule is CNC(C)c1ccc(OC2CCN(C)C2=O)c(F)c1. The molecule has 1 amide bonds. The second-order valence-electron chi connectivity index (χ2n) is 4.86. The first-order valence-electron chi connectivity index (χ1n) is 6.41. The van der Waals surface area contributed by atoms with Gasteiger partial charge in [0.1, 0.15) is 0 Å². The van der Waals surface area contributed by atoms with E-state index in [0.29, 0.717) is 13.0 Å². The van der Waals surface area contributed by atoms with Crippen molar-refractivity contribution in [1.29, 1.82) is 0 Å². The molecule has 104 valence electrons. The average Bonchev–Trinajstić information content (AvgIpc) is 2.72. The number of hydrogen-bond acceptors (Lipinski definition) is 3. The van der Waals surface area contributed by atoms with Gasteiger partial charge in [-0.15, -0.1) is 0 Å². The summed E-state index contributed by atoms with van der Waals surface area (Å²) in [6.07, 6.45) is 0.0377. The number of nitrogens with one attached hydrogen (secondary N) is 1. The number of likely N-dealkylation sites (N-methyl/N-ethyl adjacent to an activating group) is 1. The molecule has 0 aromatic heterocycles. The van der Waals surface area contributed by atoms with E-state index in [2.05, 4.69) is 5.32 Å². The molecule has 1 saturated heterocycles. The van der Waals surface area contributed by atoms with Crippen LogP contribution in [-0.4, -0.2) is 37.6 Å². The van der Waals surface area contributed by atoms with Crippen LogP contribution in [0.1, 0.15) is 24.9 Å². The van der Waals surface area contributed by atoms with E-state index in [0.717, 1.165) is 5.56 Å². The van der Waals surface area contributed by atoms with Crippen molar-refractivity contribution >= 4 is 5.91 Å². The van der Waals surface area contributed by atoms with Crippen LogP contribution in [0.3, 0.4) is 0 Å². The smallest absolute Gasteiger partial charge is 0.263 e. The Morgan fingerprint density at radius 3 is 2.79 bits per heavy atom. The monoisotopic (exact) mass is 266 g/mol. The second kappa shape index (κ2) is 5.57. The molecule has 2 atom stereocenters. The third-order valence-corrected chi connectivity index (χ3v) is 3.54. The molecule has 4 nitrogen and oxygen atoms in total. The van der Waals surface area contributed by atoms with E-state index >= 15 is 0 Å². The minimum Gasteiger partial charge on any atom is -0.477 e. The summed E-state index contributed by atoms with van der Waals surface area (Å²) >= 11 is 0. The van der Waals surface area contributed by atoms with Crippen LogP contribution in [0.5, 0.6) is 5.75 Å². The first kappa shape index (κ1) is 13.8. The summed E-state index contributed by atoms with van der Waals surface area (Å²) in [6.45, 7) is 2.60. The van der Waals surface area contributed by atoms with Gasteiger partial charge in [-0.3, -0.25) is 4.79 Å². The molecule has 2 unspecified atom stereocenters. The topological polar surface area (TPSA) is 41.6 Å². The maximum atomic E-state index is 13.9. The molecule has 1 aliphatic heterocycles. The van der Waals surface area contributed by atoms with Gasteiger partial charge in [-0.2, -0.15) is 0 Å². The third-order valence-electron chi connectivity index (χ3n) is 3.54. The lowest BCUT2D eigenvalue weighted by molar-refractivity contribution is -0.132. The van der Waals surface area contributed by atoms with Crippen molar-refractivity contribution in [3.8, 4) is 5.75 Å². The molecule has 2 rings (SSSR count). The van der Waals surface area contributed by atoms with Gasteiger partial charge < -0.3 is 15.0 Å². The molecule has 1 heterocycles. The predicted molar refractivity (Wildman–Crippen MR) is 70.5 cm³/mol. The highest BCUT2D eigenvalue weighted by Gasteiger charge is 2.31. The fourth-order valence-electron chi connectivity index (χ4n) is 2.10. The Morgan fingerprint density at radius 1 is 1.53 bits per heavy atom. The standard InChI is InChI=1S/C14H19FN2O2/c1-9(16-2)10-4-5-12(11(15)8-10)19-13-6-7-17(3)14(13)18/h4-5,8-9,13,16H,6-7H2,1-3H3. The number of hydrogen-bond donors (Lipinski definition) is 1. The molecule has 5 heteroatoms. The fraction of sp³-hybridized carbons (Fsp3) is 0.500. The minimum atomic E-state index is -0.563. The van der Waals surface area contributed by atoms with Crippen molar-refractivity contribution < 1.29 is 13.9 Å². The zero-order chi connectivity index (χ0) is 14.0. The van der Waals surface area contributed by atoms with Crippen molar-refractivity contribution in [2.75, 3.05) is 20.6 Å². The molecule has 19 heavy (non-hydrogen) atoms. The average molecular weight is 266 g/mol. The highest BCUT2D eigenvalue weighted by atomic mass is 19.1. The van der Waals surface area contributed by atoms with Crippen molar-refractivity contribution in [2.24, 2.45) is 0 Å². The van der Waals surface area contributed by atoms with E-state index in [1.54, 1.807) is 18.0 Å². The number of carbonyl (C=O) groups is 1. The van der Waals surface area contributed by atoms with Crippen LogP contribution in [0, 0.1) is 5.82 Å². The number of halogens is 1. The fourth-order valence-corrected chi connectivity index (χ4v) is 2.10. The van der Waals surface area contributed by atoms with Gasteiger partial charge in [0.2, 0.25) is 0 Å². The molecular formula is C14H19FN2O2. The van der Waals surface area contributed by atoms with Gasteiger partial charge in [-0.05, 0) is 31.7 Å². The van der Waals surface area contributed by atoms with Gasteiger partial charge in [0.25, 0.3) is 5.91 Å². The number of amides is 1. The maximum absolute atomic E-state index is 13.9. The number of nitrogens with zero attached hydrogens (tertiary/aromatic N) is 1. The third kappa shape index (κ3) is 2.87. The highest BCUT2D eigenvalue weighted by Crippen LogP contribution is 2.25. The Kier molecular flexibility index (Phi) is 4.04. The van der Waals surface area contributed by atoms with E-state index < -0.39 is 11.9 Å². The Hall–Kier alpha value is -1.62. The molecule has 1 aromatic rings. The lowest BCUT2D eigenvalue weighted by atomic mass is 10.1. The molecular weight excluding hydrogens is 247 g/mol.